The molecule has 1 aromatic carbocycles. The first-order valence-electron chi connectivity index (χ1n) is 6.45. The van der Waals surface area contributed by atoms with Crippen LogP contribution in [0.1, 0.15) is 18.4 Å². The average Bonchev–Trinajstić information content (AvgIpc) is 2.46. The van der Waals surface area contributed by atoms with Crippen molar-refractivity contribution in [3.05, 3.63) is 29.8 Å². The Morgan fingerprint density at radius 1 is 1.14 bits per heavy atom. The molecule has 0 N–H and O–H groups in total. The van der Waals surface area contributed by atoms with Crippen LogP contribution in [0.2, 0.25) is 0 Å². The lowest BCUT2D eigenvalue weighted by atomic mass is 10.2. The molecule has 0 amide bonds. The Morgan fingerprint density at radius 2 is 1.71 bits per heavy atom. The molecule has 0 atom stereocenters. The second-order valence-corrected chi connectivity index (χ2v) is 9.27. The van der Waals surface area contributed by atoms with Gasteiger partial charge in [-0.25, -0.2) is 16.8 Å². The minimum Gasteiger partial charge on any atom is -0.229 e. The van der Waals surface area contributed by atoms with Crippen LogP contribution in [0.4, 0.5) is 0 Å². The van der Waals surface area contributed by atoms with E-state index in [9.17, 15) is 16.8 Å². The number of hydrogen-bond donors (Lipinski definition) is 0. The van der Waals surface area contributed by atoms with Crippen molar-refractivity contribution in [3.8, 4) is 6.07 Å². The Morgan fingerprint density at radius 3 is 2.24 bits per heavy atom. The van der Waals surface area contributed by atoms with Crippen molar-refractivity contribution in [1.82, 2.24) is 4.31 Å². The normalized spacial score (nSPS) is 18.3. The second-order valence-electron chi connectivity index (χ2n) is 5.04. The number of nitriles is 1. The van der Waals surface area contributed by atoms with Crippen LogP contribution in [0, 0.1) is 11.3 Å². The van der Waals surface area contributed by atoms with Gasteiger partial charge in [0.2, 0.25) is 10.0 Å². The zero-order valence-electron chi connectivity index (χ0n) is 11.6. The molecule has 0 saturated carbocycles. The highest BCUT2D eigenvalue weighted by Crippen LogP contribution is 2.25. The number of hydrogen-bond acceptors (Lipinski definition) is 5. The van der Waals surface area contributed by atoms with E-state index in [0.717, 1.165) is 0 Å². The maximum atomic E-state index is 12.5. The summed E-state index contributed by atoms with van der Waals surface area (Å²) in [7, 11) is -6.90. The second kappa shape index (κ2) is 5.75. The van der Waals surface area contributed by atoms with Crippen molar-refractivity contribution in [2.24, 2.45) is 0 Å². The van der Waals surface area contributed by atoms with Gasteiger partial charge in [-0.3, -0.25) is 0 Å². The molecule has 1 aliphatic heterocycles. The fourth-order valence-electron chi connectivity index (χ4n) is 2.42. The van der Waals surface area contributed by atoms with Crippen molar-refractivity contribution < 1.29 is 16.8 Å². The quantitative estimate of drug-likeness (QED) is 0.816. The Kier molecular flexibility index (Phi) is 4.37. The molecule has 1 heterocycles. The van der Waals surface area contributed by atoms with E-state index >= 15 is 0 Å². The number of rotatable bonds is 3. The highest BCUT2D eigenvalue weighted by Gasteiger charge is 2.33. The van der Waals surface area contributed by atoms with Crippen molar-refractivity contribution in [1.29, 1.82) is 5.26 Å². The van der Waals surface area contributed by atoms with Crippen LogP contribution in [-0.4, -0.2) is 45.7 Å². The third kappa shape index (κ3) is 3.26. The van der Waals surface area contributed by atoms with E-state index in [1.54, 1.807) is 12.1 Å². The predicted octanol–water partition coefficient (Wildman–Crippen LogP) is 0.756. The van der Waals surface area contributed by atoms with Gasteiger partial charge in [0.25, 0.3) is 0 Å². The van der Waals surface area contributed by atoms with Crippen molar-refractivity contribution >= 4 is 19.9 Å². The molecule has 0 bridgehead atoms. The first-order chi connectivity index (χ1) is 9.76. The highest BCUT2D eigenvalue weighted by atomic mass is 32.2. The molecule has 0 radical (unpaired) electrons. The Labute approximate surface area is 125 Å². The third-order valence-electron chi connectivity index (χ3n) is 3.63. The predicted molar refractivity (Wildman–Crippen MR) is 77.8 cm³/mol. The summed E-state index contributed by atoms with van der Waals surface area (Å²) < 4.78 is 49.4. The van der Waals surface area contributed by atoms with E-state index < -0.39 is 25.1 Å². The molecule has 1 aromatic rings. The lowest BCUT2D eigenvalue weighted by molar-refractivity contribution is 0.346. The molecule has 1 aliphatic rings. The first-order valence-corrected chi connectivity index (χ1v) is 9.84. The minimum atomic E-state index is -3.76. The van der Waals surface area contributed by atoms with Gasteiger partial charge in [-0.05, 0) is 25.0 Å². The SMILES string of the molecule is CS(=O)(=O)C1CCN(S(=O)(=O)c2ccccc2C#N)CC1. The minimum absolute atomic E-state index is 0.0229. The Bertz CT molecular complexity index is 771. The summed E-state index contributed by atoms with van der Waals surface area (Å²) in [4.78, 5) is -0.0229. The summed E-state index contributed by atoms with van der Waals surface area (Å²) in [6.07, 6.45) is 1.74. The smallest absolute Gasteiger partial charge is 0.229 e. The topological polar surface area (TPSA) is 95.3 Å². The summed E-state index contributed by atoms with van der Waals surface area (Å²) in [5, 5.41) is 8.53. The summed E-state index contributed by atoms with van der Waals surface area (Å²) in [6, 6.07) is 7.90. The van der Waals surface area contributed by atoms with Crippen LogP contribution in [-0.2, 0) is 19.9 Å². The van der Waals surface area contributed by atoms with E-state index in [2.05, 4.69) is 0 Å². The molecule has 0 unspecified atom stereocenters. The van der Waals surface area contributed by atoms with Crippen LogP contribution in [0.3, 0.4) is 0 Å². The van der Waals surface area contributed by atoms with Crippen LogP contribution >= 0.6 is 0 Å². The highest BCUT2D eigenvalue weighted by molar-refractivity contribution is 7.91. The number of nitrogens with zero attached hydrogens (tertiary/aromatic N) is 2. The largest absolute Gasteiger partial charge is 0.244 e. The van der Waals surface area contributed by atoms with Crippen LogP contribution < -0.4 is 0 Å². The molecule has 2 rings (SSSR count). The molecule has 1 saturated heterocycles. The number of benzene rings is 1. The van der Waals surface area contributed by atoms with Crippen LogP contribution in [0.5, 0.6) is 0 Å². The van der Waals surface area contributed by atoms with Gasteiger partial charge in [0.15, 0.2) is 0 Å². The van der Waals surface area contributed by atoms with Crippen molar-refractivity contribution in [2.75, 3.05) is 19.3 Å². The molecule has 0 aliphatic carbocycles. The lowest BCUT2D eigenvalue weighted by Crippen LogP contribution is -2.42. The number of sulfone groups is 1. The number of piperidine rings is 1. The zero-order chi connectivity index (χ0) is 15.7. The standard InChI is InChI=1S/C13H16N2O4S2/c1-20(16,17)12-6-8-15(9-7-12)21(18,19)13-5-3-2-4-11(13)10-14/h2-5,12H,6-9H2,1H3. The van der Waals surface area contributed by atoms with Gasteiger partial charge >= 0.3 is 0 Å². The average molecular weight is 328 g/mol. The van der Waals surface area contributed by atoms with Gasteiger partial charge in [0.05, 0.1) is 15.7 Å². The Balaban J connectivity index is 2.26. The fraction of sp³-hybridized carbons (Fsp3) is 0.462. The Hall–Kier alpha value is -1.43. The maximum absolute atomic E-state index is 12.5. The van der Waals surface area contributed by atoms with Gasteiger partial charge in [0, 0.05) is 19.3 Å². The fourth-order valence-corrected chi connectivity index (χ4v) is 5.10. The van der Waals surface area contributed by atoms with Gasteiger partial charge in [0.1, 0.15) is 15.9 Å². The molecule has 8 heteroatoms. The van der Waals surface area contributed by atoms with Crippen LogP contribution in [0.15, 0.2) is 29.2 Å². The van der Waals surface area contributed by atoms with Gasteiger partial charge in [-0.15, -0.1) is 0 Å². The lowest BCUT2D eigenvalue weighted by Gasteiger charge is -2.30. The molecule has 1 fully saturated rings. The van der Waals surface area contributed by atoms with Crippen LogP contribution in [0.25, 0.3) is 0 Å². The summed E-state index contributed by atoms with van der Waals surface area (Å²) in [5.74, 6) is 0. The first kappa shape index (κ1) is 15.9. The molecular weight excluding hydrogens is 312 g/mol. The van der Waals surface area contributed by atoms with E-state index in [1.807, 2.05) is 6.07 Å². The zero-order valence-corrected chi connectivity index (χ0v) is 13.2. The van der Waals surface area contributed by atoms with E-state index in [4.69, 9.17) is 5.26 Å². The molecule has 0 aromatic heterocycles. The third-order valence-corrected chi connectivity index (χ3v) is 7.27. The van der Waals surface area contributed by atoms with E-state index in [-0.39, 0.29) is 36.4 Å². The van der Waals surface area contributed by atoms with Gasteiger partial charge in [-0.1, -0.05) is 12.1 Å². The van der Waals surface area contributed by atoms with Crippen molar-refractivity contribution in [2.45, 2.75) is 23.0 Å². The number of sulfonamides is 1. The molecule has 0 spiro atoms. The summed E-state index contributed by atoms with van der Waals surface area (Å²) in [6.45, 7) is 0.305. The van der Waals surface area contributed by atoms with Gasteiger partial charge in [-0.2, -0.15) is 9.57 Å². The molecule has 6 nitrogen and oxygen atoms in total. The van der Waals surface area contributed by atoms with E-state index in [0.29, 0.717) is 0 Å². The molecular formula is C13H16N2O4S2. The van der Waals surface area contributed by atoms with Gasteiger partial charge < -0.3 is 0 Å². The monoisotopic (exact) mass is 328 g/mol. The summed E-state index contributed by atoms with van der Waals surface area (Å²) in [5.41, 5.74) is 0.0998. The van der Waals surface area contributed by atoms with Crippen molar-refractivity contribution in [3.63, 3.8) is 0 Å². The molecule has 21 heavy (non-hydrogen) atoms. The molecule has 114 valence electrons. The maximum Gasteiger partial charge on any atom is 0.244 e. The van der Waals surface area contributed by atoms with E-state index in [1.165, 1.54) is 22.7 Å². The summed E-state index contributed by atoms with van der Waals surface area (Å²) >= 11 is 0.